The van der Waals surface area contributed by atoms with Crippen LogP contribution in [0.3, 0.4) is 0 Å². The van der Waals surface area contributed by atoms with Gasteiger partial charge in [-0.3, -0.25) is 0 Å². The zero-order valence-corrected chi connectivity index (χ0v) is 18.3. The normalized spacial score (nSPS) is 10.8. The van der Waals surface area contributed by atoms with Gasteiger partial charge in [0.25, 0.3) is 0 Å². The Morgan fingerprint density at radius 3 is 1.73 bits per heavy atom. The summed E-state index contributed by atoms with van der Waals surface area (Å²) in [6.07, 6.45) is 0. The van der Waals surface area contributed by atoms with Gasteiger partial charge in [-0.05, 0) is 73.7 Å². The fourth-order valence-corrected chi connectivity index (χ4v) is 3.97. The summed E-state index contributed by atoms with van der Waals surface area (Å²) in [6.45, 7) is 2.06. The van der Waals surface area contributed by atoms with E-state index in [-0.39, 0.29) is 0 Å². The van der Waals surface area contributed by atoms with Gasteiger partial charge in [-0.15, -0.1) is 0 Å². The molecular weight excluding hydrogens is 419 g/mol. The van der Waals surface area contributed by atoms with E-state index in [1.807, 2.05) is 65.3 Å². The van der Waals surface area contributed by atoms with Crippen molar-refractivity contribution in [3.05, 3.63) is 82.3 Å². The topological polar surface area (TPSA) is 36.3 Å². The third kappa shape index (κ3) is 3.89. The highest BCUT2D eigenvalue weighted by Gasteiger charge is 2.19. The number of halogens is 2. The van der Waals surface area contributed by atoms with Crippen LogP contribution < -0.4 is 9.47 Å². The predicted molar refractivity (Wildman–Crippen MR) is 122 cm³/mol. The molecule has 4 nitrogen and oxygen atoms in total. The number of methoxy groups -OCH3 is 2. The van der Waals surface area contributed by atoms with Gasteiger partial charge in [0.05, 0.1) is 31.3 Å². The molecule has 6 heteroatoms. The van der Waals surface area contributed by atoms with Gasteiger partial charge in [-0.25, -0.2) is 4.68 Å². The summed E-state index contributed by atoms with van der Waals surface area (Å²) in [5, 5.41) is 6.04. The van der Waals surface area contributed by atoms with Gasteiger partial charge < -0.3 is 9.47 Å². The Morgan fingerprint density at radius 1 is 0.733 bits per heavy atom. The summed E-state index contributed by atoms with van der Waals surface area (Å²) < 4.78 is 12.5. The van der Waals surface area contributed by atoms with Crippen molar-refractivity contribution in [2.24, 2.45) is 0 Å². The Kier molecular flexibility index (Phi) is 5.71. The molecule has 1 aromatic heterocycles. The van der Waals surface area contributed by atoms with Gasteiger partial charge in [-0.1, -0.05) is 23.2 Å². The number of nitrogens with zero attached hydrogens (tertiary/aromatic N) is 2. The second-order valence-corrected chi connectivity index (χ2v) is 7.69. The average molecular weight is 439 g/mol. The number of hydrogen-bond donors (Lipinski definition) is 0. The standard InChI is InChI=1S/C24H20Cl2N2O2/c1-15-23(16-4-8-21(29-2)9-5-16)27-28(20-13-18(25)12-19(26)14-20)24(15)17-6-10-22(30-3)11-7-17/h4-14H,1-3H3. The molecule has 1 heterocycles. The van der Waals surface area contributed by atoms with Crippen molar-refractivity contribution in [2.45, 2.75) is 6.92 Å². The van der Waals surface area contributed by atoms with Crippen molar-refractivity contribution < 1.29 is 9.47 Å². The molecule has 0 spiro atoms. The van der Waals surface area contributed by atoms with Crippen LogP contribution in [0.4, 0.5) is 0 Å². The van der Waals surface area contributed by atoms with E-state index in [0.717, 1.165) is 45.3 Å². The van der Waals surface area contributed by atoms with Crippen LogP contribution in [0.5, 0.6) is 11.5 Å². The molecule has 0 atom stereocenters. The number of rotatable bonds is 5. The van der Waals surface area contributed by atoms with Crippen molar-refractivity contribution in [3.8, 4) is 39.7 Å². The molecule has 4 aromatic rings. The maximum absolute atomic E-state index is 6.28. The third-order valence-electron chi connectivity index (χ3n) is 4.94. The summed E-state index contributed by atoms with van der Waals surface area (Å²) in [7, 11) is 3.31. The first-order valence-corrected chi connectivity index (χ1v) is 10.1. The summed E-state index contributed by atoms with van der Waals surface area (Å²) in [5.41, 5.74) is 5.68. The Hall–Kier alpha value is -2.95. The largest absolute Gasteiger partial charge is 0.497 e. The Morgan fingerprint density at radius 2 is 1.23 bits per heavy atom. The highest BCUT2D eigenvalue weighted by atomic mass is 35.5. The lowest BCUT2D eigenvalue weighted by Crippen LogP contribution is -2.00. The van der Waals surface area contributed by atoms with Gasteiger partial charge >= 0.3 is 0 Å². The minimum absolute atomic E-state index is 0.553. The molecule has 30 heavy (non-hydrogen) atoms. The van der Waals surface area contributed by atoms with Crippen molar-refractivity contribution in [2.75, 3.05) is 14.2 Å². The highest BCUT2D eigenvalue weighted by molar-refractivity contribution is 6.34. The first-order chi connectivity index (χ1) is 14.5. The maximum atomic E-state index is 6.28. The predicted octanol–water partition coefficient (Wildman–Crippen LogP) is 6.84. The number of aromatic nitrogens is 2. The smallest absolute Gasteiger partial charge is 0.118 e. The van der Waals surface area contributed by atoms with Crippen LogP contribution in [0.15, 0.2) is 66.7 Å². The van der Waals surface area contributed by atoms with E-state index in [0.29, 0.717) is 10.0 Å². The maximum Gasteiger partial charge on any atom is 0.118 e. The van der Waals surface area contributed by atoms with E-state index in [9.17, 15) is 0 Å². The second kappa shape index (κ2) is 8.42. The van der Waals surface area contributed by atoms with Crippen LogP contribution in [-0.4, -0.2) is 24.0 Å². The van der Waals surface area contributed by atoms with Crippen LogP contribution in [0, 0.1) is 6.92 Å². The fourth-order valence-electron chi connectivity index (χ4n) is 3.46. The van der Waals surface area contributed by atoms with Gasteiger partial charge in [-0.2, -0.15) is 5.10 Å². The van der Waals surface area contributed by atoms with E-state index in [4.69, 9.17) is 37.8 Å². The van der Waals surface area contributed by atoms with Gasteiger partial charge in [0.15, 0.2) is 0 Å². The molecule has 0 bridgehead atoms. The Bertz CT molecular complexity index is 1160. The van der Waals surface area contributed by atoms with Crippen LogP contribution >= 0.6 is 23.2 Å². The number of hydrogen-bond acceptors (Lipinski definition) is 3. The molecule has 0 fully saturated rings. The van der Waals surface area contributed by atoms with E-state index in [1.54, 1.807) is 20.3 Å². The minimum atomic E-state index is 0.553. The van der Waals surface area contributed by atoms with Gasteiger partial charge in [0, 0.05) is 26.7 Å². The van der Waals surface area contributed by atoms with Crippen LogP contribution in [0.25, 0.3) is 28.2 Å². The average Bonchev–Trinajstić information content (AvgIpc) is 3.10. The summed E-state index contributed by atoms with van der Waals surface area (Å²) in [6, 6.07) is 21.2. The SMILES string of the molecule is COc1ccc(-c2nn(-c3cc(Cl)cc(Cl)c3)c(-c3ccc(OC)cc3)c2C)cc1. The number of benzene rings is 3. The third-order valence-corrected chi connectivity index (χ3v) is 5.38. The summed E-state index contributed by atoms with van der Waals surface area (Å²) in [4.78, 5) is 0. The van der Waals surface area contributed by atoms with Crippen molar-refractivity contribution in [1.82, 2.24) is 9.78 Å². The van der Waals surface area contributed by atoms with Crippen LogP contribution in [0.1, 0.15) is 5.56 Å². The first kappa shape index (κ1) is 20.3. The van der Waals surface area contributed by atoms with Crippen molar-refractivity contribution in [1.29, 1.82) is 0 Å². The molecule has 4 rings (SSSR count). The second-order valence-electron chi connectivity index (χ2n) is 6.82. The Balaban J connectivity index is 1.94. The van der Waals surface area contributed by atoms with Gasteiger partial charge in [0.2, 0.25) is 0 Å². The molecular formula is C24H20Cl2N2O2. The molecule has 0 unspecified atom stereocenters. The molecule has 0 aliphatic carbocycles. The molecule has 3 aromatic carbocycles. The highest BCUT2D eigenvalue weighted by Crippen LogP contribution is 2.36. The Labute approximate surface area is 185 Å². The van der Waals surface area contributed by atoms with E-state index < -0.39 is 0 Å². The molecule has 0 saturated heterocycles. The van der Waals surface area contributed by atoms with Crippen molar-refractivity contribution in [3.63, 3.8) is 0 Å². The van der Waals surface area contributed by atoms with Crippen molar-refractivity contribution >= 4 is 23.2 Å². The quantitative estimate of drug-likeness (QED) is 0.342. The molecule has 0 aliphatic rings. The lowest BCUT2D eigenvalue weighted by Gasteiger charge is -2.10. The molecule has 0 N–H and O–H groups in total. The molecule has 0 radical (unpaired) electrons. The summed E-state index contributed by atoms with van der Waals surface area (Å²) >= 11 is 12.6. The van der Waals surface area contributed by atoms with E-state index in [1.165, 1.54) is 0 Å². The first-order valence-electron chi connectivity index (χ1n) is 9.35. The van der Waals surface area contributed by atoms with Crippen LogP contribution in [0.2, 0.25) is 10.0 Å². The summed E-state index contributed by atoms with van der Waals surface area (Å²) in [5.74, 6) is 1.59. The monoisotopic (exact) mass is 438 g/mol. The molecule has 0 aliphatic heterocycles. The minimum Gasteiger partial charge on any atom is -0.497 e. The lowest BCUT2D eigenvalue weighted by atomic mass is 10.0. The molecule has 0 saturated carbocycles. The van der Waals surface area contributed by atoms with Gasteiger partial charge in [0.1, 0.15) is 11.5 Å². The molecule has 0 amide bonds. The fraction of sp³-hybridized carbons (Fsp3) is 0.125. The van der Waals surface area contributed by atoms with E-state index in [2.05, 4.69) is 6.92 Å². The van der Waals surface area contributed by atoms with Crippen LogP contribution in [-0.2, 0) is 0 Å². The molecule has 152 valence electrons. The number of ether oxygens (including phenoxy) is 2. The lowest BCUT2D eigenvalue weighted by molar-refractivity contribution is 0.414. The zero-order valence-electron chi connectivity index (χ0n) is 16.8. The zero-order chi connectivity index (χ0) is 21.3. The van der Waals surface area contributed by atoms with E-state index >= 15 is 0 Å².